The van der Waals surface area contributed by atoms with E-state index in [0.29, 0.717) is 44.7 Å². The summed E-state index contributed by atoms with van der Waals surface area (Å²) in [4.78, 5) is 10.5. The Balaban J connectivity index is 0.000000159. The zero-order valence-electron chi connectivity index (χ0n) is 20.3. The molecule has 1 saturated heterocycles. The Morgan fingerprint density at radius 2 is 1.40 bits per heavy atom. The molecule has 3 aliphatic rings. The van der Waals surface area contributed by atoms with Crippen LogP contribution in [-0.2, 0) is 32.2 Å². The highest BCUT2D eigenvalue weighted by Crippen LogP contribution is 2.31. The molecule has 0 bridgehead atoms. The lowest BCUT2D eigenvalue weighted by atomic mass is 9.82. The molecule has 188 valence electrons. The van der Waals surface area contributed by atoms with Crippen molar-refractivity contribution in [2.45, 2.75) is 69.9 Å². The lowest BCUT2D eigenvalue weighted by molar-refractivity contribution is -0.151. The van der Waals surface area contributed by atoms with Gasteiger partial charge in [0.25, 0.3) is 0 Å². The Morgan fingerprint density at radius 1 is 0.886 bits per heavy atom. The first-order chi connectivity index (χ1) is 17.0. The van der Waals surface area contributed by atoms with Crippen LogP contribution in [0.5, 0.6) is 0 Å². The minimum absolute atomic E-state index is 0.0463. The summed E-state index contributed by atoms with van der Waals surface area (Å²) in [5.41, 5.74) is 2.36. The number of hydrogen-bond donors (Lipinski definition) is 2. The molecule has 6 nitrogen and oxygen atoms in total. The molecule has 5 rings (SSSR count). The molecule has 2 saturated carbocycles. The van der Waals surface area contributed by atoms with Gasteiger partial charge in [0.15, 0.2) is 0 Å². The topological polar surface area (TPSA) is 85.2 Å². The fraction of sp³-hybridized carbons (Fsp3) is 0.536. The average Bonchev–Trinajstić information content (AvgIpc) is 3.30. The SMILES string of the molecule is O=C(O)C1CC(OCc2ccccc2)C1.OCC1CC(OCc2ccccc2)C1.[B]C1CCCO1. The van der Waals surface area contributed by atoms with Gasteiger partial charge in [-0.3, -0.25) is 4.79 Å². The van der Waals surface area contributed by atoms with Crippen molar-refractivity contribution in [2.24, 2.45) is 11.8 Å². The van der Waals surface area contributed by atoms with Crippen LogP contribution >= 0.6 is 0 Å². The van der Waals surface area contributed by atoms with Gasteiger partial charge in [0.2, 0.25) is 0 Å². The van der Waals surface area contributed by atoms with Crippen molar-refractivity contribution in [3.8, 4) is 0 Å². The number of hydrogen-bond acceptors (Lipinski definition) is 5. The molecule has 2 aromatic carbocycles. The molecule has 0 amide bonds. The van der Waals surface area contributed by atoms with Crippen LogP contribution in [-0.4, -0.2) is 55.5 Å². The van der Waals surface area contributed by atoms with E-state index in [1.54, 1.807) is 0 Å². The van der Waals surface area contributed by atoms with E-state index in [-0.39, 0.29) is 18.0 Å². The largest absolute Gasteiger partial charge is 0.481 e. The maximum Gasteiger partial charge on any atom is 0.306 e. The van der Waals surface area contributed by atoms with E-state index in [4.69, 9.17) is 32.3 Å². The van der Waals surface area contributed by atoms with E-state index in [9.17, 15) is 4.79 Å². The van der Waals surface area contributed by atoms with Crippen molar-refractivity contribution < 1.29 is 29.2 Å². The number of carboxylic acid groups (broad SMARTS) is 1. The third kappa shape index (κ3) is 10.1. The third-order valence-electron chi connectivity index (χ3n) is 6.52. The number of aliphatic carboxylic acids is 1. The average molecular weight is 480 g/mol. The van der Waals surface area contributed by atoms with Gasteiger partial charge in [-0.2, -0.15) is 0 Å². The van der Waals surface area contributed by atoms with Crippen LogP contribution in [0.3, 0.4) is 0 Å². The molecule has 1 aliphatic heterocycles. The Labute approximate surface area is 210 Å². The highest BCUT2D eigenvalue weighted by molar-refractivity contribution is 6.11. The molecule has 2 N–H and O–H groups in total. The van der Waals surface area contributed by atoms with Gasteiger partial charge in [0.05, 0.1) is 31.3 Å². The molecule has 2 aliphatic carbocycles. The molecular formula is C28H37BO6. The normalized spacial score (nSPS) is 26.7. The first kappa shape index (κ1) is 27.4. The monoisotopic (exact) mass is 480 g/mol. The minimum Gasteiger partial charge on any atom is -0.481 e. The van der Waals surface area contributed by atoms with Crippen molar-refractivity contribution in [3.05, 3.63) is 71.8 Å². The quantitative estimate of drug-likeness (QED) is 0.547. The standard InChI is InChI=1S/C12H14O3.C12H16O2.C4H7BO/c13-12(14)10-6-11(7-10)15-8-9-4-2-1-3-5-9;13-8-11-6-12(7-11)14-9-10-4-2-1-3-5-10;5-4-2-1-3-6-4/h1-5,10-11H,6-8H2,(H,13,14);1-5,11-13H,6-9H2;4H,1-3H2. The molecule has 2 radical (unpaired) electrons. The van der Waals surface area contributed by atoms with Gasteiger partial charge < -0.3 is 24.4 Å². The van der Waals surface area contributed by atoms with Crippen molar-refractivity contribution in [2.75, 3.05) is 13.2 Å². The molecule has 1 atom stereocenters. The molecule has 1 heterocycles. The molecular weight excluding hydrogens is 443 g/mol. The number of aliphatic hydroxyl groups excluding tert-OH is 1. The van der Waals surface area contributed by atoms with Crippen molar-refractivity contribution in [1.29, 1.82) is 0 Å². The van der Waals surface area contributed by atoms with E-state index >= 15 is 0 Å². The Hall–Kier alpha value is -2.19. The molecule has 2 aromatic rings. The first-order valence-electron chi connectivity index (χ1n) is 12.6. The third-order valence-corrected chi connectivity index (χ3v) is 6.52. The van der Waals surface area contributed by atoms with Gasteiger partial charge in [-0.25, -0.2) is 0 Å². The smallest absolute Gasteiger partial charge is 0.306 e. The summed E-state index contributed by atoms with van der Waals surface area (Å²) in [6, 6.07) is 20.2. The van der Waals surface area contributed by atoms with Crippen molar-refractivity contribution in [1.82, 2.24) is 0 Å². The number of ether oxygens (including phenoxy) is 3. The molecule has 1 unspecified atom stereocenters. The van der Waals surface area contributed by atoms with Crippen LogP contribution < -0.4 is 0 Å². The highest BCUT2D eigenvalue weighted by Gasteiger charge is 2.35. The van der Waals surface area contributed by atoms with Crippen LogP contribution in [0, 0.1) is 11.8 Å². The van der Waals surface area contributed by atoms with Crippen molar-refractivity contribution >= 4 is 13.8 Å². The van der Waals surface area contributed by atoms with Crippen LogP contribution in [0.1, 0.15) is 49.7 Å². The number of benzene rings is 2. The summed E-state index contributed by atoms with van der Waals surface area (Å²) in [5.74, 6) is -0.406. The van der Waals surface area contributed by atoms with Gasteiger partial charge in [0, 0.05) is 19.2 Å². The van der Waals surface area contributed by atoms with Gasteiger partial charge in [0.1, 0.15) is 7.85 Å². The summed E-state index contributed by atoms with van der Waals surface area (Å²) in [6.45, 7) is 2.45. The number of rotatable bonds is 8. The highest BCUT2D eigenvalue weighted by atomic mass is 16.5. The second-order valence-electron chi connectivity index (χ2n) is 9.42. The fourth-order valence-electron chi connectivity index (χ4n) is 4.04. The lowest BCUT2D eigenvalue weighted by Crippen LogP contribution is -2.36. The minimum atomic E-state index is -0.699. The molecule has 0 aromatic heterocycles. The van der Waals surface area contributed by atoms with Crippen LogP contribution in [0.25, 0.3) is 0 Å². The lowest BCUT2D eigenvalue weighted by Gasteiger charge is -2.33. The molecule has 7 heteroatoms. The molecule has 0 spiro atoms. The van der Waals surface area contributed by atoms with E-state index in [1.807, 2.05) is 48.5 Å². The zero-order valence-corrected chi connectivity index (χ0v) is 20.3. The Morgan fingerprint density at radius 3 is 1.77 bits per heavy atom. The Bertz CT molecular complexity index is 831. The summed E-state index contributed by atoms with van der Waals surface area (Å²) < 4.78 is 16.2. The van der Waals surface area contributed by atoms with Gasteiger partial charge >= 0.3 is 5.97 Å². The maximum absolute atomic E-state index is 10.5. The summed E-state index contributed by atoms with van der Waals surface area (Å²) >= 11 is 0. The van der Waals surface area contributed by atoms with Crippen LogP contribution in [0.2, 0.25) is 0 Å². The predicted molar refractivity (Wildman–Crippen MR) is 135 cm³/mol. The summed E-state index contributed by atoms with van der Waals surface area (Å²) in [5, 5.41) is 17.5. The summed E-state index contributed by atoms with van der Waals surface area (Å²) in [6.07, 6.45) is 6.02. The van der Waals surface area contributed by atoms with E-state index in [0.717, 1.165) is 37.9 Å². The predicted octanol–water partition coefficient (Wildman–Crippen LogP) is 4.33. The summed E-state index contributed by atoms with van der Waals surface area (Å²) in [7, 11) is 5.31. The van der Waals surface area contributed by atoms with Crippen LogP contribution in [0.4, 0.5) is 0 Å². The zero-order chi connectivity index (χ0) is 24.9. The maximum atomic E-state index is 10.5. The number of carboxylic acids is 1. The van der Waals surface area contributed by atoms with Crippen molar-refractivity contribution in [3.63, 3.8) is 0 Å². The number of carbonyl (C=O) groups is 1. The van der Waals surface area contributed by atoms with Crippen LogP contribution in [0.15, 0.2) is 60.7 Å². The fourth-order valence-corrected chi connectivity index (χ4v) is 4.04. The van der Waals surface area contributed by atoms with Gasteiger partial charge in [-0.05, 0) is 55.6 Å². The Kier molecular flexibility index (Phi) is 11.8. The van der Waals surface area contributed by atoms with E-state index < -0.39 is 5.97 Å². The van der Waals surface area contributed by atoms with E-state index in [1.165, 1.54) is 5.56 Å². The second kappa shape index (κ2) is 15.0. The van der Waals surface area contributed by atoms with Gasteiger partial charge in [-0.15, -0.1) is 0 Å². The number of aliphatic hydroxyl groups is 1. The van der Waals surface area contributed by atoms with E-state index in [2.05, 4.69) is 12.1 Å². The first-order valence-corrected chi connectivity index (χ1v) is 12.6. The molecule has 3 fully saturated rings. The molecule has 35 heavy (non-hydrogen) atoms. The van der Waals surface area contributed by atoms with Gasteiger partial charge in [-0.1, -0.05) is 60.7 Å². The second-order valence-corrected chi connectivity index (χ2v) is 9.42.